The van der Waals surface area contributed by atoms with Crippen molar-refractivity contribution < 1.29 is 29.0 Å². The molecule has 0 aromatic heterocycles. The van der Waals surface area contributed by atoms with Gasteiger partial charge in [0.25, 0.3) is 5.91 Å². The lowest BCUT2D eigenvalue weighted by atomic mass is 9.97. The third-order valence-electron chi connectivity index (χ3n) is 6.03. The zero-order valence-electron chi connectivity index (χ0n) is 17.2. The Balaban J connectivity index is 1.46. The van der Waals surface area contributed by atoms with Crippen molar-refractivity contribution in [1.29, 1.82) is 0 Å². The van der Waals surface area contributed by atoms with Gasteiger partial charge in [0.1, 0.15) is 17.2 Å². The van der Waals surface area contributed by atoms with Gasteiger partial charge in [0.05, 0.1) is 29.9 Å². The molecule has 7 heteroatoms. The van der Waals surface area contributed by atoms with Crippen molar-refractivity contribution in [2.45, 2.75) is 38.1 Å². The fraction of sp³-hybridized carbons (Fsp3) is 0.375. The second-order valence-electron chi connectivity index (χ2n) is 7.81. The summed E-state index contributed by atoms with van der Waals surface area (Å²) >= 11 is 0. The summed E-state index contributed by atoms with van der Waals surface area (Å²) in [6.45, 7) is 1.51. The van der Waals surface area contributed by atoms with Gasteiger partial charge >= 0.3 is 0 Å². The zero-order valence-corrected chi connectivity index (χ0v) is 17.2. The van der Waals surface area contributed by atoms with Crippen molar-refractivity contribution in [2.24, 2.45) is 0 Å². The molecule has 2 aliphatic rings. The lowest BCUT2D eigenvalue weighted by Gasteiger charge is -2.36. The van der Waals surface area contributed by atoms with E-state index >= 15 is 0 Å². The van der Waals surface area contributed by atoms with Crippen LogP contribution >= 0.6 is 0 Å². The number of hydrogen-bond donors (Lipinski definition) is 1. The number of aromatic hydroxyl groups is 1. The van der Waals surface area contributed by atoms with Crippen LogP contribution in [0, 0.1) is 0 Å². The van der Waals surface area contributed by atoms with Crippen LogP contribution in [0.3, 0.4) is 0 Å². The molecule has 1 saturated heterocycles. The van der Waals surface area contributed by atoms with E-state index < -0.39 is 0 Å². The summed E-state index contributed by atoms with van der Waals surface area (Å²) in [5.41, 5.74) is 1.64. The molecule has 0 saturated carbocycles. The highest BCUT2D eigenvalue weighted by Crippen LogP contribution is 2.34. The molecule has 1 atom stereocenters. The molecule has 2 heterocycles. The molecule has 31 heavy (non-hydrogen) atoms. The number of rotatable bonds is 7. The first-order chi connectivity index (χ1) is 15.1. The first kappa shape index (κ1) is 20.9. The van der Waals surface area contributed by atoms with E-state index in [1.54, 1.807) is 23.1 Å². The van der Waals surface area contributed by atoms with Crippen molar-refractivity contribution >= 4 is 18.5 Å². The number of benzene rings is 2. The first-order valence-electron chi connectivity index (χ1n) is 10.6. The number of phenols is 1. The maximum Gasteiger partial charge on any atom is 0.254 e. The van der Waals surface area contributed by atoms with Gasteiger partial charge in [-0.2, -0.15) is 0 Å². The molecule has 162 valence electrons. The largest absolute Gasteiger partial charge is 0.507 e. The van der Waals surface area contributed by atoms with Crippen LogP contribution in [0.1, 0.15) is 62.3 Å². The van der Waals surface area contributed by atoms with E-state index in [0.29, 0.717) is 50.2 Å². The zero-order chi connectivity index (χ0) is 21.8. The average molecular weight is 423 g/mol. The Morgan fingerprint density at radius 2 is 2.00 bits per heavy atom. The van der Waals surface area contributed by atoms with E-state index in [4.69, 9.17) is 9.47 Å². The molecule has 7 nitrogen and oxygen atoms in total. The summed E-state index contributed by atoms with van der Waals surface area (Å²) < 4.78 is 11.4. The molecule has 1 N–H and O–H groups in total. The highest BCUT2D eigenvalue weighted by Gasteiger charge is 2.29. The quantitative estimate of drug-likeness (QED) is 0.686. The molecule has 0 aliphatic carbocycles. The van der Waals surface area contributed by atoms with Crippen molar-refractivity contribution in [3.8, 4) is 17.2 Å². The monoisotopic (exact) mass is 423 g/mol. The van der Waals surface area contributed by atoms with Crippen molar-refractivity contribution in [2.75, 3.05) is 19.8 Å². The summed E-state index contributed by atoms with van der Waals surface area (Å²) in [5, 5.41) is 9.93. The fourth-order valence-corrected chi connectivity index (χ4v) is 4.43. The second-order valence-corrected chi connectivity index (χ2v) is 7.81. The Bertz CT molecular complexity index is 1000. The predicted octanol–water partition coefficient (Wildman–Crippen LogP) is 3.42. The van der Waals surface area contributed by atoms with Crippen LogP contribution < -0.4 is 9.47 Å². The van der Waals surface area contributed by atoms with E-state index in [-0.39, 0.29) is 28.8 Å². The van der Waals surface area contributed by atoms with Crippen molar-refractivity contribution in [3.05, 3.63) is 52.6 Å². The Morgan fingerprint density at radius 1 is 1.16 bits per heavy atom. The van der Waals surface area contributed by atoms with Crippen LogP contribution in [-0.2, 0) is 6.42 Å². The molecule has 2 aromatic rings. The summed E-state index contributed by atoms with van der Waals surface area (Å²) in [7, 11) is 0. The first-order valence-corrected chi connectivity index (χ1v) is 10.6. The molecule has 0 bridgehead atoms. The average Bonchev–Trinajstić information content (AvgIpc) is 3.27. The van der Waals surface area contributed by atoms with E-state index in [0.717, 1.165) is 36.9 Å². The lowest BCUT2D eigenvalue weighted by Crippen LogP contribution is -2.44. The third kappa shape index (κ3) is 4.13. The van der Waals surface area contributed by atoms with E-state index in [9.17, 15) is 19.5 Å². The topological polar surface area (TPSA) is 93.1 Å². The van der Waals surface area contributed by atoms with Crippen molar-refractivity contribution in [1.82, 2.24) is 4.90 Å². The smallest absolute Gasteiger partial charge is 0.254 e. The number of fused-ring (bicyclic) bond motifs is 1. The number of piperidine rings is 1. The van der Waals surface area contributed by atoms with Gasteiger partial charge in [-0.05, 0) is 43.5 Å². The van der Waals surface area contributed by atoms with E-state index in [1.165, 1.54) is 6.07 Å². The third-order valence-corrected chi connectivity index (χ3v) is 6.03. The SMILES string of the molecule is O=Cc1c(O)cccc1C(=O)N1CCCC[C@H]1CCOc1ccc2c(c1C=O)CCO2. The number of phenolic OH excluding ortho intramolecular Hbond substituents is 1. The number of amides is 1. The van der Waals surface area contributed by atoms with Crippen LogP contribution in [0.2, 0.25) is 0 Å². The van der Waals surface area contributed by atoms with Crippen LogP contribution in [0.25, 0.3) is 0 Å². The van der Waals surface area contributed by atoms with Gasteiger partial charge < -0.3 is 19.5 Å². The fourth-order valence-electron chi connectivity index (χ4n) is 4.43. The second kappa shape index (κ2) is 9.20. The minimum atomic E-state index is -0.258. The number of ether oxygens (including phenoxy) is 2. The summed E-state index contributed by atoms with van der Waals surface area (Å²) in [4.78, 5) is 37.9. The Labute approximate surface area is 180 Å². The summed E-state index contributed by atoms with van der Waals surface area (Å²) in [5.74, 6) is 0.811. The highest BCUT2D eigenvalue weighted by molar-refractivity contribution is 6.03. The number of hydrogen-bond acceptors (Lipinski definition) is 6. The number of aldehydes is 2. The molecule has 1 fully saturated rings. The van der Waals surface area contributed by atoms with E-state index in [2.05, 4.69) is 0 Å². The number of nitrogens with zero attached hydrogens (tertiary/aromatic N) is 1. The van der Waals surface area contributed by atoms with Gasteiger partial charge in [0, 0.05) is 31.0 Å². The summed E-state index contributed by atoms with van der Waals surface area (Å²) in [6, 6.07) is 8.06. The molecule has 0 radical (unpaired) electrons. The maximum atomic E-state index is 13.2. The Morgan fingerprint density at radius 3 is 2.81 bits per heavy atom. The number of carbonyl (C=O) groups excluding carboxylic acids is 3. The molecule has 2 aliphatic heterocycles. The Kier molecular flexibility index (Phi) is 6.21. The molecule has 0 unspecified atom stereocenters. The highest BCUT2D eigenvalue weighted by atomic mass is 16.5. The molecule has 2 aromatic carbocycles. The molecule has 1 amide bonds. The minimum absolute atomic E-state index is 0.0176. The molecular formula is C24H25NO6. The minimum Gasteiger partial charge on any atom is -0.507 e. The van der Waals surface area contributed by atoms with Crippen LogP contribution in [0.4, 0.5) is 0 Å². The van der Waals surface area contributed by atoms with Crippen molar-refractivity contribution in [3.63, 3.8) is 0 Å². The summed E-state index contributed by atoms with van der Waals surface area (Å²) in [6.07, 6.45) is 5.35. The van der Waals surface area contributed by atoms with Gasteiger partial charge in [-0.1, -0.05) is 6.07 Å². The number of likely N-dealkylation sites (tertiary alicyclic amines) is 1. The van der Waals surface area contributed by atoms with Gasteiger partial charge in [0.2, 0.25) is 0 Å². The van der Waals surface area contributed by atoms with E-state index in [1.807, 2.05) is 6.07 Å². The Hall–Kier alpha value is -3.35. The predicted molar refractivity (Wildman–Crippen MR) is 113 cm³/mol. The van der Waals surface area contributed by atoms with Crippen LogP contribution in [-0.4, -0.2) is 54.3 Å². The van der Waals surface area contributed by atoms with Crippen LogP contribution in [0.5, 0.6) is 17.2 Å². The van der Waals surface area contributed by atoms with Crippen LogP contribution in [0.15, 0.2) is 30.3 Å². The van der Waals surface area contributed by atoms with Gasteiger partial charge in [-0.3, -0.25) is 14.4 Å². The molecule has 0 spiro atoms. The lowest BCUT2D eigenvalue weighted by molar-refractivity contribution is 0.0578. The van der Waals surface area contributed by atoms with Gasteiger partial charge in [-0.15, -0.1) is 0 Å². The molecule has 4 rings (SSSR count). The molecular weight excluding hydrogens is 398 g/mol. The van der Waals surface area contributed by atoms with Gasteiger partial charge in [0.15, 0.2) is 12.6 Å². The number of carbonyl (C=O) groups is 3. The van der Waals surface area contributed by atoms with Gasteiger partial charge in [-0.25, -0.2) is 0 Å². The normalized spacial score (nSPS) is 17.5. The maximum absolute atomic E-state index is 13.2. The standard InChI is InChI=1S/C24H25NO6/c26-14-19-18(5-3-6-21(19)28)24(29)25-11-2-1-4-16(25)9-12-30-23-8-7-22-17(10-13-31-22)20(23)15-27/h3,5-8,14-16,28H,1-2,4,9-13H2/t16-/m0/s1.